The first kappa shape index (κ1) is 19.5. The van der Waals surface area contributed by atoms with Gasteiger partial charge in [-0.25, -0.2) is 4.79 Å². The quantitative estimate of drug-likeness (QED) is 0.758. The van der Waals surface area contributed by atoms with Crippen LogP contribution in [0.5, 0.6) is 0 Å². The van der Waals surface area contributed by atoms with E-state index >= 15 is 0 Å². The van der Waals surface area contributed by atoms with Gasteiger partial charge in [0.2, 0.25) is 0 Å². The average molecular weight is 383 g/mol. The molecule has 1 saturated heterocycles. The van der Waals surface area contributed by atoms with E-state index in [1.54, 1.807) is 0 Å². The second-order valence-corrected chi connectivity index (χ2v) is 9.38. The lowest BCUT2D eigenvalue weighted by Crippen LogP contribution is -2.52. The van der Waals surface area contributed by atoms with Crippen molar-refractivity contribution in [2.24, 2.45) is 11.8 Å². The largest absolute Gasteiger partial charge is 0.446 e. The van der Waals surface area contributed by atoms with Crippen LogP contribution in [0, 0.1) is 11.8 Å². The average Bonchev–Trinajstić information content (AvgIpc) is 2.68. The molecule has 0 radical (unpaired) electrons. The van der Waals surface area contributed by atoms with Gasteiger partial charge in [-0.1, -0.05) is 43.3 Å². The summed E-state index contributed by atoms with van der Waals surface area (Å²) in [5.74, 6) is 1.05. The number of ether oxygens (including phenoxy) is 1. The van der Waals surface area contributed by atoms with E-state index in [4.69, 9.17) is 4.74 Å². The van der Waals surface area contributed by atoms with E-state index in [1.165, 1.54) is 16.7 Å². The van der Waals surface area contributed by atoms with Gasteiger partial charge in [0.1, 0.15) is 6.10 Å². The summed E-state index contributed by atoms with van der Waals surface area (Å²) in [6.45, 7) is 12.0. The number of nitrogens with one attached hydrogen (secondary N) is 1. The summed E-state index contributed by atoms with van der Waals surface area (Å²) in [6.07, 6.45) is 5.04. The Morgan fingerprint density at radius 2 is 2.04 bits per heavy atom. The number of hydrogen-bond acceptors (Lipinski definition) is 3. The second-order valence-electron chi connectivity index (χ2n) is 9.38. The number of likely N-dealkylation sites (tertiary alicyclic amines) is 1. The molecule has 3 unspecified atom stereocenters. The second kappa shape index (κ2) is 7.90. The summed E-state index contributed by atoms with van der Waals surface area (Å²) >= 11 is 0. The third-order valence-corrected chi connectivity index (χ3v) is 7.19. The molecular weight excluding hydrogens is 348 g/mol. The van der Waals surface area contributed by atoms with Gasteiger partial charge >= 0.3 is 6.09 Å². The molecule has 0 bridgehead atoms. The molecule has 3 atom stereocenters. The van der Waals surface area contributed by atoms with Gasteiger partial charge in [-0.15, -0.1) is 0 Å². The summed E-state index contributed by atoms with van der Waals surface area (Å²) < 4.78 is 5.90. The Kier molecular flexibility index (Phi) is 5.50. The van der Waals surface area contributed by atoms with Gasteiger partial charge in [0.05, 0.1) is 0 Å². The summed E-state index contributed by atoms with van der Waals surface area (Å²) in [5, 5.41) is 3.59. The molecule has 1 aliphatic carbocycles. The van der Waals surface area contributed by atoms with Crippen LogP contribution in [-0.2, 0) is 16.7 Å². The first-order valence-corrected chi connectivity index (χ1v) is 10.9. The number of rotatable bonds is 2. The standard InChI is InChI=1S/C24H34N2O2/c1-17-12-18(2)14-21(13-17)19(3)28-23(27)26-10-8-24(9-11-26)16-25-15-20-6-4-5-7-22(20)24/h4-7,18-19,21,25H,1,8-16H2,2-3H3. The van der Waals surface area contributed by atoms with Crippen molar-refractivity contribution in [3.8, 4) is 0 Å². The fourth-order valence-corrected chi connectivity index (χ4v) is 5.60. The van der Waals surface area contributed by atoms with Gasteiger partial charge in [-0.3, -0.25) is 0 Å². The number of piperidine rings is 1. The van der Waals surface area contributed by atoms with Crippen LogP contribution < -0.4 is 5.32 Å². The van der Waals surface area contributed by atoms with Gasteiger partial charge in [-0.2, -0.15) is 0 Å². The van der Waals surface area contributed by atoms with E-state index in [9.17, 15) is 4.79 Å². The van der Waals surface area contributed by atoms with Gasteiger partial charge in [-0.05, 0) is 62.0 Å². The van der Waals surface area contributed by atoms with Crippen molar-refractivity contribution in [1.82, 2.24) is 10.2 Å². The van der Waals surface area contributed by atoms with Crippen molar-refractivity contribution in [1.29, 1.82) is 0 Å². The van der Waals surface area contributed by atoms with Gasteiger partial charge in [0.15, 0.2) is 0 Å². The van der Waals surface area contributed by atoms with Crippen LogP contribution in [0.1, 0.15) is 57.1 Å². The van der Waals surface area contributed by atoms with Crippen LogP contribution >= 0.6 is 0 Å². The van der Waals surface area contributed by atoms with Crippen molar-refractivity contribution >= 4 is 6.09 Å². The molecule has 4 nitrogen and oxygen atoms in total. The minimum Gasteiger partial charge on any atom is -0.446 e. The van der Waals surface area contributed by atoms with Crippen LogP contribution in [0.2, 0.25) is 0 Å². The van der Waals surface area contributed by atoms with Crippen LogP contribution in [-0.4, -0.2) is 36.7 Å². The topological polar surface area (TPSA) is 41.6 Å². The molecule has 28 heavy (non-hydrogen) atoms. The Bertz CT molecular complexity index is 736. The molecule has 1 saturated carbocycles. The maximum Gasteiger partial charge on any atom is 0.410 e. The van der Waals surface area contributed by atoms with Crippen molar-refractivity contribution in [2.75, 3.05) is 19.6 Å². The van der Waals surface area contributed by atoms with Crippen LogP contribution in [0.15, 0.2) is 36.4 Å². The minimum absolute atomic E-state index is 0.0417. The lowest BCUT2D eigenvalue weighted by molar-refractivity contribution is 0.0246. The number of fused-ring (bicyclic) bond motifs is 2. The first-order chi connectivity index (χ1) is 13.5. The molecule has 2 aliphatic heterocycles. The number of amides is 1. The summed E-state index contributed by atoms with van der Waals surface area (Å²) in [5.41, 5.74) is 4.35. The van der Waals surface area contributed by atoms with Crippen molar-refractivity contribution < 1.29 is 9.53 Å². The zero-order valence-corrected chi connectivity index (χ0v) is 17.4. The molecule has 1 aromatic rings. The Labute approximate surface area is 169 Å². The molecular formula is C24H34N2O2. The number of benzene rings is 1. The molecule has 152 valence electrons. The molecule has 4 heteroatoms. The predicted molar refractivity (Wildman–Crippen MR) is 112 cm³/mol. The van der Waals surface area contributed by atoms with Gasteiger partial charge < -0.3 is 15.0 Å². The fourth-order valence-electron chi connectivity index (χ4n) is 5.60. The summed E-state index contributed by atoms with van der Waals surface area (Å²) in [7, 11) is 0. The third-order valence-electron chi connectivity index (χ3n) is 7.19. The normalized spacial score (nSPS) is 27.9. The molecule has 0 aromatic heterocycles. The molecule has 1 spiro atoms. The van der Waals surface area contributed by atoms with Crippen LogP contribution in [0.4, 0.5) is 4.79 Å². The zero-order chi connectivity index (χ0) is 19.7. The van der Waals surface area contributed by atoms with E-state index in [1.807, 2.05) is 4.90 Å². The monoisotopic (exact) mass is 382 g/mol. The maximum atomic E-state index is 12.8. The Morgan fingerprint density at radius 1 is 1.29 bits per heavy atom. The zero-order valence-electron chi connectivity index (χ0n) is 17.4. The Hall–Kier alpha value is -1.81. The van der Waals surface area contributed by atoms with Gasteiger partial charge in [0, 0.05) is 31.6 Å². The Morgan fingerprint density at radius 3 is 2.79 bits per heavy atom. The summed E-state index contributed by atoms with van der Waals surface area (Å²) in [4.78, 5) is 14.7. The SMILES string of the molecule is C=C1CC(C)CC(C(C)OC(=O)N2CCC3(CC2)CNCc2ccccc23)C1. The summed E-state index contributed by atoms with van der Waals surface area (Å²) in [6, 6.07) is 8.77. The molecule has 3 aliphatic rings. The maximum absolute atomic E-state index is 12.8. The number of nitrogens with zero attached hydrogens (tertiary/aromatic N) is 1. The third kappa shape index (κ3) is 3.84. The van der Waals surface area contributed by atoms with Gasteiger partial charge in [0.25, 0.3) is 0 Å². The van der Waals surface area contributed by atoms with Crippen molar-refractivity contribution in [3.63, 3.8) is 0 Å². The molecule has 4 rings (SSSR count). The highest BCUT2D eigenvalue weighted by Crippen LogP contribution is 2.39. The van der Waals surface area contributed by atoms with Crippen molar-refractivity contribution in [2.45, 2.75) is 64.0 Å². The van der Waals surface area contributed by atoms with E-state index in [-0.39, 0.29) is 17.6 Å². The number of hydrogen-bond donors (Lipinski definition) is 1. The van der Waals surface area contributed by atoms with E-state index in [2.05, 4.69) is 50.0 Å². The number of allylic oxidation sites excluding steroid dienone is 1. The fraction of sp³-hybridized carbons (Fsp3) is 0.625. The number of carbonyl (C=O) groups excluding carboxylic acids is 1. The highest BCUT2D eigenvalue weighted by Gasteiger charge is 2.41. The first-order valence-electron chi connectivity index (χ1n) is 10.9. The van der Waals surface area contributed by atoms with E-state index in [0.29, 0.717) is 11.8 Å². The lowest BCUT2D eigenvalue weighted by atomic mass is 9.69. The highest BCUT2D eigenvalue weighted by atomic mass is 16.6. The van der Waals surface area contributed by atoms with Crippen LogP contribution in [0.25, 0.3) is 0 Å². The van der Waals surface area contributed by atoms with E-state index in [0.717, 1.165) is 58.3 Å². The number of carbonyl (C=O) groups is 1. The molecule has 1 aromatic carbocycles. The van der Waals surface area contributed by atoms with Crippen LogP contribution in [0.3, 0.4) is 0 Å². The smallest absolute Gasteiger partial charge is 0.410 e. The molecule has 1 N–H and O–H groups in total. The Balaban J connectivity index is 1.35. The predicted octanol–water partition coefficient (Wildman–Crippen LogP) is 4.64. The highest BCUT2D eigenvalue weighted by molar-refractivity contribution is 5.68. The van der Waals surface area contributed by atoms with Crippen molar-refractivity contribution in [3.05, 3.63) is 47.5 Å². The lowest BCUT2D eigenvalue weighted by Gasteiger charge is -2.45. The molecule has 1 amide bonds. The molecule has 2 heterocycles. The molecule has 2 fully saturated rings. The minimum atomic E-state index is -0.136. The van der Waals surface area contributed by atoms with E-state index < -0.39 is 0 Å².